The fourth-order valence-corrected chi connectivity index (χ4v) is 2.00. The second kappa shape index (κ2) is 6.21. The lowest BCUT2D eigenvalue weighted by Crippen LogP contribution is -2.32. The minimum atomic E-state index is -0.0960. The second-order valence-corrected chi connectivity index (χ2v) is 5.23. The average molecular weight is 302 g/mol. The van der Waals surface area contributed by atoms with Crippen LogP contribution in [0.25, 0.3) is 0 Å². The summed E-state index contributed by atoms with van der Waals surface area (Å²) in [6.45, 7) is 5.01. The van der Waals surface area contributed by atoms with Crippen molar-refractivity contribution in [3.63, 3.8) is 0 Å². The fourth-order valence-electron chi connectivity index (χ4n) is 1.65. The van der Waals surface area contributed by atoms with E-state index in [2.05, 4.69) is 40.1 Å². The summed E-state index contributed by atoms with van der Waals surface area (Å²) in [4.78, 5) is 4.22. The zero-order valence-electron chi connectivity index (χ0n) is 10.3. The number of pyridine rings is 1. The van der Waals surface area contributed by atoms with Gasteiger partial charge in [0.2, 0.25) is 0 Å². The van der Waals surface area contributed by atoms with Gasteiger partial charge in [-0.1, -0.05) is 13.8 Å². The SMILES string of the molecule is CCC(CC)(CO)CNc1ncc(Br)cc1N. The Kier molecular flexibility index (Phi) is 5.21. The maximum absolute atomic E-state index is 9.47. The summed E-state index contributed by atoms with van der Waals surface area (Å²) in [5.41, 5.74) is 6.37. The van der Waals surface area contributed by atoms with E-state index < -0.39 is 0 Å². The van der Waals surface area contributed by atoms with Crippen molar-refractivity contribution in [1.29, 1.82) is 0 Å². The number of hydrogen-bond acceptors (Lipinski definition) is 4. The summed E-state index contributed by atoms with van der Waals surface area (Å²) < 4.78 is 0.861. The molecular weight excluding hydrogens is 282 g/mol. The predicted octanol–water partition coefficient (Wildman–Crippen LogP) is 2.64. The van der Waals surface area contributed by atoms with Crippen LogP contribution < -0.4 is 11.1 Å². The van der Waals surface area contributed by atoms with Gasteiger partial charge in [-0.3, -0.25) is 0 Å². The number of aromatic nitrogens is 1. The quantitative estimate of drug-likeness (QED) is 0.755. The highest BCUT2D eigenvalue weighted by molar-refractivity contribution is 9.10. The number of nitrogens with two attached hydrogens (primary N) is 1. The van der Waals surface area contributed by atoms with E-state index >= 15 is 0 Å². The molecule has 4 N–H and O–H groups in total. The van der Waals surface area contributed by atoms with Crippen LogP contribution in [0.15, 0.2) is 16.7 Å². The molecule has 17 heavy (non-hydrogen) atoms. The first-order valence-electron chi connectivity index (χ1n) is 5.82. The Morgan fingerprint density at radius 2 is 2.12 bits per heavy atom. The van der Waals surface area contributed by atoms with Gasteiger partial charge in [0.1, 0.15) is 5.82 Å². The van der Waals surface area contributed by atoms with Crippen LogP contribution in [-0.2, 0) is 0 Å². The van der Waals surface area contributed by atoms with Crippen LogP contribution >= 0.6 is 15.9 Å². The maximum atomic E-state index is 9.47. The van der Waals surface area contributed by atoms with E-state index in [1.54, 1.807) is 6.20 Å². The van der Waals surface area contributed by atoms with Gasteiger partial charge in [-0.15, -0.1) is 0 Å². The van der Waals surface area contributed by atoms with Crippen LogP contribution in [0.2, 0.25) is 0 Å². The highest BCUT2D eigenvalue weighted by atomic mass is 79.9. The Morgan fingerprint density at radius 1 is 1.47 bits per heavy atom. The van der Waals surface area contributed by atoms with Crippen molar-refractivity contribution in [1.82, 2.24) is 4.98 Å². The topological polar surface area (TPSA) is 71.2 Å². The molecule has 0 aliphatic rings. The van der Waals surface area contributed by atoms with Gasteiger partial charge >= 0.3 is 0 Å². The van der Waals surface area contributed by atoms with Crippen molar-refractivity contribution in [2.45, 2.75) is 26.7 Å². The van der Waals surface area contributed by atoms with Gasteiger partial charge < -0.3 is 16.2 Å². The molecule has 1 heterocycles. The van der Waals surface area contributed by atoms with Crippen molar-refractivity contribution in [2.75, 3.05) is 24.2 Å². The third-order valence-corrected chi connectivity index (χ3v) is 3.78. The number of hydrogen-bond donors (Lipinski definition) is 3. The van der Waals surface area contributed by atoms with Gasteiger partial charge in [-0.25, -0.2) is 4.98 Å². The molecule has 0 unspecified atom stereocenters. The molecule has 0 bridgehead atoms. The zero-order chi connectivity index (χ0) is 12.9. The first kappa shape index (κ1) is 14.3. The van der Waals surface area contributed by atoms with Gasteiger partial charge in [-0.05, 0) is 34.8 Å². The van der Waals surface area contributed by atoms with Gasteiger partial charge in [-0.2, -0.15) is 0 Å². The summed E-state index contributed by atoms with van der Waals surface area (Å²) in [6.07, 6.45) is 3.55. The van der Waals surface area contributed by atoms with Crippen molar-refractivity contribution in [3.05, 3.63) is 16.7 Å². The molecule has 0 saturated heterocycles. The number of anilines is 2. The normalized spacial score (nSPS) is 11.5. The number of aliphatic hydroxyl groups excluding tert-OH is 1. The first-order valence-corrected chi connectivity index (χ1v) is 6.62. The highest BCUT2D eigenvalue weighted by Gasteiger charge is 2.25. The van der Waals surface area contributed by atoms with Crippen molar-refractivity contribution in [3.8, 4) is 0 Å². The van der Waals surface area contributed by atoms with Gasteiger partial charge in [0.25, 0.3) is 0 Å². The zero-order valence-corrected chi connectivity index (χ0v) is 11.9. The molecule has 0 spiro atoms. The highest BCUT2D eigenvalue weighted by Crippen LogP contribution is 2.27. The summed E-state index contributed by atoms with van der Waals surface area (Å²) >= 11 is 3.32. The molecule has 0 aliphatic heterocycles. The summed E-state index contributed by atoms with van der Waals surface area (Å²) in [6, 6.07) is 1.81. The molecule has 5 heteroatoms. The van der Waals surface area contributed by atoms with E-state index in [4.69, 9.17) is 5.73 Å². The number of rotatable bonds is 6. The molecule has 0 amide bonds. The average Bonchev–Trinajstić information content (AvgIpc) is 2.33. The van der Waals surface area contributed by atoms with E-state index in [-0.39, 0.29) is 12.0 Å². The summed E-state index contributed by atoms with van der Waals surface area (Å²) in [5.74, 6) is 0.674. The molecule has 96 valence electrons. The standard InChI is InChI=1S/C12H20BrN3O/c1-3-12(4-2,8-17)7-16-11-10(14)5-9(13)6-15-11/h5-6,17H,3-4,7-8,14H2,1-2H3,(H,15,16). The lowest BCUT2D eigenvalue weighted by molar-refractivity contribution is 0.127. The molecule has 0 aliphatic carbocycles. The molecular formula is C12H20BrN3O. The number of nitrogens with one attached hydrogen (secondary N) is 1. The second-order valence-electron chi connectivity index (χ2n) is 4.31. The fraction of sp³-hybridized carbons (Fsp3) is 0.583. The Bertz CT molecular complexity index is 359. The van der Waals surface area contributed by atoms with E-state index in [1.165, 1.54) is 0 Å². The minimum Gasteiger partial charge on any atom is -0.396 e. The van der Waals surface area contributed by atoms with Gasteiger partial charge in [0.05, 0.1) is 12.3 Å². The van der Waals surface area contributed by atoms with Crippen LogP contribution in [0.3, 0.4) is 0 Å². The summed E-state index contributed by atoms with van der Waals surface area (Å²) in [7, 11) is 0. The Balaban J connectivity index is 2.72. The summed E-state index contributed by atoms with van der Waals surface area (Å²) in [5, 5.41) is 12.7. The third-order valence-electron chi connectivity index (χ3n) is 3.35. The minimum absolute atomic E-state index is 0.0960. The van der Waals surface area contributed by atoms with Crippen molar-refractivity contribution in [2.24, 2.45) is 5.41 Å². The van der Waals surface area contributed by atoms with Gasteiger partial charge in [0, 0.05) is 22.6 Å². The van der Waals surface area contributed by atoms with Crippen LogP contribution in [-0.4, -0.2) is 23.2 Å². The van der Waals surface area contributed by atoms with E-state index in [0.29, 0.717) is 18.1 Å². The maximum Gasteiger partial charge on any atom is 0.149 e. The Morgan fingerprint density at radius 3 is 2.59 bits per heavy atom. The Labute approximate surface area is 111 Å². The molecule has 0 fully saturated rings. The molecule has 0 saturated carbocycles. The monoisotopic (exact) mass is 301 g/mol. The molecule has 1 rings (SSSR count). The predicted molar refractivity (Wildman–Crippen MR) is 74.9 cm³/mol. The molecule has 0 radical (unpaired) electrons. The number of nitrogen functional groups attached to an aromatic ring is 1. The molecule has 0 aromatic carbocycles. The van der Waals surface area contributed by atoms with E-state index in [9.17, 15) is 5.11 Å². The van der Waals surface area contributed by atoms with Crippen LogP contribution in [0, 0.1) is 5.41 Å². The van der Waals surface area contributed by atoms with Crippen molar-refractivity contribution >= 4 is 27.4 Å². The molecule has 1 aromatic heterocycles. The largest absolute Gasteiger partial charge is 0.396 e. The third kappa shape index (κ3) is 3.57. The van der Waals surface area contributed by atoms with Crippen LogP contribution in [0.5, 0.6) is 0 Å². The smallest absolute Gasteiger partial charge is 0.149 e. The lowest BCUT2D eigenvalue weighted by atomic mass is 9.83. The number of nitrogens with zero attached hydrogens (tertiary/aromatic N) is 1. The first-order chi connectivity index (χ1) is 8.06. The van der Waals surface area contributed by atoms with Gasteiger partial charge in [0.15, 0.2) is 0 Å². The Hall–Kier alpha value is -0.810. The number of aliphatic hydroxyl groups is 1. The molecule has 0 atom stereocenters. The van der Waals surface area contributed by atoms with E-state index in [1.807, 2.05) is 6.07 Å². The molecule has 1 aromatic rings. The number of halogens is 1. The van der Waals surface area contributed by atoms with Crippen LogP contribution in [0.1, 0.15) is 26.7 Å². The lowest BCUT2D eigenvalue weighted by Gasteiger charge is -2.29. The van der Waals surface area contributed by atoms with Crippen LogP contribution in [0.4, 0.5) is 11.5 Å². The van der Waals surface area contributed by atoms with E-state index in [0.717, 1.165) is 17.3 Å². The van der Waals surface area contributed by atoms with Crippen molar-refractivity contribution < 1.29 is 5.11 Å². The molecule has 4 nitrogen and oxygen atoms in total.